The van der Waals surface area contributed by atoms with Crippen molar-refractivity contribution in [3.63, 3.8) is 0 Å². The van der Waals surface area contributed by atoms with Crippen molar-refractivity contribution < 1.29 is 52.3 Å². The molecule has 2 atom stereocenters. The van der Waals surface area contributed by atoms with Crippen molar-refractivity contribution in [2.75, 3.05) is 20.3 Å². The molecule has 37 heavy (non-hydrogen) atoms. The fourth-order valence-corrected chi connectivity index (χ4v) is 2.81. The number of carbonyl (C=O) groups excluding carboxylic acids is 4. The number of carbonyl (C=O) groups is 4. The first-order chi connectivity index (χ1) is 17.4. The van der Waals surface area contributed by atoms with Gasteiger partial charge in [-0.25, -0.2) is 14.4 Å². The maximum atomic E-state index is 12.4. The first-order valence-corrected chi connectivity index (χ1v) is 12.0. The molecule has 0 aliphatic carbocycles. The average molecular weight is 528 g/mol. The molecule has 0 bridgehead atoms. The summed E-state index contributed by atoms with van der Waals surface area (Å²) in [6.07, 6.45) is -3.47. The van der Waals surface area contributed by atoms with E-state index in [1.54, 1.807) is 40.7 Å². The number of hydrogen-bond donors (Lipinski definition) is 1. The predicted molar refractivity (Wildman–Crippen MR) is 131 cm³/mol. The number of esters is 1. The Morgan fingerprint density at radius 2 is 1.43 bits per heavy atom. The summed E-state index contributed by atoms with van der Waals surface area (Å²) >= 11 is 0. The smallest absolute Gasteiger partial charge is 0.468 e. The van der Waals surface area contributed by atoms with Gasteiger partial charge in [-0.05, 0) is 65.2 Å². The number of ether oxygens (including phenoxy) is 7. The van der Waals surface area contributed by atoms with Gasteiger partial charge in [0, 0.05) is 6.54 Å². The highest BCUT2D eigenvalue weighted by molar-refractivity contribution is 5.76. The number of nitrogens with one attached hydrogen (secondary N) is 1. The predicted octanol–water partition coefficient (Wildman–Crippen LogP) is 4.16. The number of methoxy groups -OCH3 is 1. The minimum atomic E-state index is -1.00. The maximum absolute atomic E-state index is 12.4. The van der Waals surface area contributed by atoms with Gasteiger partial charge in [0.15, 0.2) is 11.5 Å². The summed E-state index contributed by atoms with van der Waals surface area (Å²) in [5.74, 6) is -0.753. The Hall–Kier alpha value is -3.54. The van der Waals surface area contributed by atoms with Crippen molar-refractivity contribution >= 4 is 24.4 Å². The zero-order chi connectivity index (χ0) is 28.0. The maximum Gasteiger partial charge on any atom is 0.514 e. The molecular weight excluding hydrogens is 490 g/mol. The van der Waals surface area contributed by atoms with Gasteiger partial charge in [-0.15, -0.1) is 0 Å². The van der Waals surface area contributed by atoms with Crippen molar-refractivity contribution in [1.82, 2.24) is 5.32 Å². The Labute approximate surface area is 216 Å². The van der Waals surface area contributed by atoms with E-state index in [9.17, 15) is 19.2 Å². The zero-order valence-corrected chi connectivity index (χ0v) is 22.4. The van der Waals surface area contributed by atoms with Crippen LogP contribution in [0.4, 0.5) is 14.4 Å². The summed E-state index contributed by atoms with van der Waals surface area (Å²) in [5, 5.41) is 2.99. The zero-order valence-electron chi connectivity index (χ0n) is 22.4. The van der Waals surface area contributed by atoms with Crippen molar-refractivity contribution in [3.8, 4) is 11.5 Å². The number of benzene rings is 1. The highest BCUT2D eigenvalue weighted by atomic mass is 16.8. The fourth-order valence-electron chi connectivity index (χ4n) is 2.81. The first-order valence-electron chi connectivity index (χ1n) is 12.0. The quantitative estimate of drug-likeness (QED) is 0.223. The van der Waals surface area contributed by atoms with Gasteiger partial charge in [0.25, 0.3) is 0 Å². The second-order valence-electron chi connectivity index (χ2n) is 8.53. The summed E-state index contributed by atoms with van der Waals surface area (Å²) in [5.41, 5.74) is 0.538. The van der Waals surface area contributed by atoms with E-state index in [0.29, 0.717) is 12.0 Å². The Morgan fingerprint density at radius 3 is 1.97 bits per heavy atom. The van der Waals surface area contributed by atoms with Gasteiger partial charge >= 0.3 is 24.4 Å². The minimum Gasteiger partial charge on any atom is -0.468 e. The summed E-state index contributed by atoms with van der Waals surface area (Å²) in [6, 6.07) is 3.58. The SMILES string of the molecule is CCCOC(=O)OC(C)CN[C@@H](Cc1ccc(OC(=O)OC(C)C)c(OC(=O)OC(C)C)c1)C(=O)OC. The highest BCUT2D eigenvalue weighted by Crippen LogP contribution is 2.30. The van der Waals surface area contributed by atoms with Gasteiger partial charge in [-0.3, -0.25) is 4.79 Å². The van der Waals surface area contributed by atoms with Crippen LogP contribution in [0.2, 0.25) is 0 Å². The van der Waals surface area contributed by atoms with Crippen LogP contribution in [0.3, 0.4) is 0 Å². The van der Waals surface area contributed by atoms with Gasteiger partial charge in [-0.2, -0.15) is 0 Å². The lowest BCUT2D eigenvalue weighted by atomic mass is 10.0. The molecule has 0 saturated carbocycles. The van der Waals surface area contributed by atoms with Crippen LogP contribution in [-0.4, -0.2) is 69.1 Å². The topological polar surface area (TPSA) is 145 Å². The molecule has 0 aromatic heterocycles. The molecule has 12 nitrogen and oxygen atoms in total. The van der Waals surface area contributed by atoms with Crippen molar-refractivity contribution in [2.45, 2.75) is 78.7 Å². The third-order valence-corrected chi connectivity index (χ3v) is 4.36. The van der Waals surface area contributed by atoms with Crippen LogP contribution in [0.5, 0.6) is 11.5 Å². The monoisotopic (exact) mass is 527 g/mol. The molecule has 0 heterocycles. The van der Waals surface area contributed by atoms with Crippen LogP contribution in [-0.2, 0) is 34.9 Å². The van der Waals surface area contributed by atoms with Crippen LogP contribution in [0, 0.1) is 0 Å². The molecule has 1 aromatic carbocycles. The van der Waals surface area contributed by atoms with Crippen LogP contribution in [0.15, 0.2) is 18.2 Å². The standard InChI is InChI=1S/C25H37NO11/c1-8-11-32-23(28)35-17(6)14-26-19(22(27)31-7)12-18-9-10-20(36-24(29)33-15(2)3)21(13-18)37-25(30)34-16(4)5/h9-10,13,15-17,19,26H,8,11-12,14H2,1-7H3/t17?,19-/m0/s1. The molecule has 12 heteroatoms. The Kier molecular flexibility index (Phi) is 13.8. The lowest BCUT2D eigenvalue weighted by molar-refractivity contribution is -0.143. The van der Waals surface area contributed by atoms with Crippen LogP contribution < -0.4 is 14.8 Å². The molecule has 1 unspecified atom stereocenters. The third-order valence-electron chi connectivity index (χ3n) is 4.36. The summed E-state index contributed by atoms with van der Waals surface area (Å²) in [4.78, 5) is 48.1. The van der Waals surface area contributed by atoms with E-state index in [1.165, 1.54) is 19.2 Å². The second kappa shape index (κ2) is 16.3. The second-order valence-corrected chi connectivity index (χ2v) is 8.53. The summed E-state index contributed by atoms with van der Waals surface area (Å²) < 4.78 is 35.3. The van der Waals surface area contributed by atoms with Gasteiger partial charge in [0.05, 0.1) is 25.9 Å². The molecular formula is C25H37NO11. The van der Waals surface area contributed by atoms with E-state index in [1.807, 2.05) is 6.92 Å². The van der Waals surface area contributed by atoms with E-state index >= 15 is 0 Å². The molecule has 1 rings (SSSR count). The van der Waals surface area contributed by atoms with Crippen LogP contribution in [0.1, 0.15) is 53.5 Å². The van der Waals surface area contributed by atoms with Gasteiger partial charge in [0.1, 0.15) is 12.1 Å². The molecule has 1 N–H and O–H groups in total. The first kappa shape index (κ1) is 31.5. The van der Waals surface area contributed by atoms with Crippen molar-refractivity contribution in [2.24, 2.45) is 0 Å². The summed E-state index contributed by atoms with van der Waals surface area (Å²) in [7, 11) is 1.24. The van der Waals surface area contributed by atoms with E-state index < -0.39 is 48.8 Å². The summed E-state index contributed by atoms with van der Waals surface area (Å²) in [6.45, 7) is 10.5. The van der Waals surface area contributed by atoms with Gasteiger partial charge in [-0.1, -0.05) is 13.0 Å². The molecule has 1 aromatic rings. The highest BCUT2D eigenvalue weighted by Gasteiger charge is 2.23. The molecule has 0 fully saturated rings. The van der Waals surface area contributed by atoms with Crippen molar-refractivity contribution in [3.05, 3.63) is 23.8 Å². The Bertz CT molecular complexity index is 901. The molecule has 0 saturated heterocycles. The Morgan fingerprint density at radius 1 is 0.838 bits per heavy atom. The van der Waals surface area contributed by atoms with Crippen molar-refractivity contribution in [1.29, 1.82) is 0 Å². The molecule has 0 spiro atoms. The molecule has 0 aliphatic rings. The fraction of sp³-hybridized carbons (Fsp3) is 0.600. The third kappa shape index (κ3) is 12.8. The number of hydrogen-bond acceptors (Lipinski definition) is 12. The largest absolute Gasteiger partial charge is 0.514 e. The molecule has 208 valence electrons. The van der Waals surface area contributed by atoms with E-state index in [4.69, 9.17) is 33.2 Å². The number of rotatable bonds is 13. The van der Waals surface area contributed by atoms with Crippen LogP contribution in [0.25, 0.3) is 0 Å². The van der Waals surface area contributed by atoms with E-state index in [0.717, 1.165) is 0 Å². The van der Waals surface area contributed by atoms with E-state index in [2.05, 4.69) is 5.32 Å². The lowest BCUT2D eigenvalue weighted by Gasteiger charge is -2.20. The average Bonchev–Trinajstić information content (AvgIpc) is 2.80. The Balaban J connectivity index is 3.03. The van der Waals surface area contributed by atoms with Crippen LogP contribution >= 0.6 is 0 Å². The van der Waals surface area contributed by atoms with Gasteiger partial charge in [0.2, 0.25) is 0 Å². The molecule has 0 radical (unpaired) electrons. The molecule has 0 amide bonds. The lowest BCUT2D eigenvalue weighted by Crippen LogP contribution is -2.43. The molecule has 0 aliphatic heterocycles. The minimum absolute atomic E-state index is 0.0784. The van der Waals surface area contributed by atoms with E-state index in [-0.39, 0.29) is 31.1 Å². The normalized spacial score (nSPS) is 12.4. The van der Waals surface area contributed by atoms with Gasteiger partial charge < -0.3 is 38.5 Å².